The number of primary amides is 1. The second-order valence-electron chi connectivity index (χ2n) is 12.2. The average molecular weight is 589 g/mol. The highest BCUT2D eigenvalue weighted by Crippen LogP contribution is 2.29. The molecule has 1 aromatic rings. The van der Waals surface area contributed by atoms with Crippen molar-refractivity contribution in [1.82, 2.24) is 15.5 Å². The lowest BCUT2D eigenvalue weighted by Gasteiger charge is -2.36. The van der Waals surface area contributed by atoms with Crippen LogP contribution in [0.15, 0.2) is 18.2 Å². The molecule has 9 nitrogen and oxygen atoms in total. The zero-order chi connectivity index (χ0) is 31.7. The van der Waals surface area contributed by atoms with Crippen molar-refractivity contribution >= 4 is 23.8 Å². The van der Waals surface area contributed by atoms with E-state index in [9.17, 15) is 19.2 Å². The van der Waals surface area contributed by atoms with Gasteiger partial charge in [-0.3, -0.25) is 14.4 Å². The number of nitrogens with two attached hydrogens (primary N) is 1. The first-order valence-electron chi connectivity index (χ1n) is 15.7. The van der Waals surface area contributed by atoms with E-state index in [4.69, 9.17) is 10.5 Å². The predicted octanol–water partition coefficient (Wildman–Crippen LogP) is 6.00. The minimum absolute atomic E-state index is 0.00198. The first-order valence-corrected chi connectivity index (χ1v) is 15.7. The molecule has 0 spiro atoms. The van der Waals surface area contributed by atoms with Crippen LogP contribution in [0.2, 0.25) is 0 Å². The molecular weight excluding hydrogens is 532 g/mol. The molecule has 4 amide bonds. The first-order chi connectivity index (χ1) is 19.8. The van der Waals surface area contributed by atoms with E-state index in [-0.39, 0.29) is 18.7 Å². The Morgan fingerprint density at radius 3 is 2.05 bits per heavy atom. The van der Waals surface area contributed by atoms with Crippen molar-refractivity contribution in [2.24, 2.45) is 5.73 Å². The molecule has 42 heavy (non-hydrogen) atoms. The second kappa shape index (κ2) is 19.2. The number of amides is 4. The summed E-state index contributed by atoms with van der Waals surface area (Å²) in [5.74, 6) is -1.28. The maximum Gasteiger partial charge on any atom is 0.408 e. The maximum absolute atomic E-state index is 14.4. The van der Waals surface area contributed by atoms with Crippen LogP contribution >= 0.6 is 0 Å². The second-order valence-corrected chi connectivity index (χ2v) is 12.2. The molecule has 0 fully saturated rings. The summed E-state index contributed by atoms with van der Waals surface area (Å²) in [6, 6.07) is 3.83. The Morgan fingerprint density at radius 2 is 1.48 bits per heavy atom. The third kappa shape index (κ3) is 13.7. The van der Waals surface area contributed by atoms with Crippen molar-refractivity contribution in [2.75, 3.05) is 13.1 Å². The number of rotatable bonds is 19. The van der Waals surface area contributed by atoms with Gasteiger partial charge in [-0.1, -0.05) is 77.0 Å². The fourth-order valence-corrected chi connectivity index (χ4v) is 4.99. The van der Waals surface area contributed by atoms with Crippen molar-refractivity contribution in [3.63, 3.8) is 0 Å². The summed E-state index contributed by atoms with van der Waals surface area (Å²) >= 11 is 0. The molecule has 0 saturated carbocycles. The van der Waals surface area contributed by atoms with Gasteiger partial charge in [0, 0.05) is 19.5 Å². The van der Waals surface area contributed by atoms with E-state index in [1.807, 2.05) is 32.0 Å². The number of hydrogen-bond acceptors (Lipinski definition) is 5. The van der Waals surface area contributed by atoms with Crippen LogP contribution in [0.5, 0.6) is 0 Å². The lowest BCUT2D eigenvalue weighted by Crippen LogP contribution is -2.53. The van der Waals surface area contributed by atoms with Crippen LogP contribution in [0.4, 0.5) is 4.79 Å². The number of nitrogens with zero attached hydrogens (tertiary/aromatic N) is 1. The highest BCUT2D eigenvalue weighted by Gasteiger charge is 2.37. The molecule has 2 unspecified atom stereocenters. The van der Waals surface area contributed by atoms with Crippen LogP contribution in [0, 0.1) is 13.8 Å². The molecule has 9 heteroatoms. The highest BCUT2D eigenvalue weighted by molar-refractivity contribution is 5.93. The third-order valence-electron chi connectivity index (χ3n) is 7.16. The van der Waals surface area contributed by atoms with Gasteiger partial charge in [-0.2, -0.15) is 0 Å². The fourth-order valence-electron chi connectivity index (χ4n) is 4.99. The van der Waals surface area contributed by atoms with Crippen LogP contribution < -0.4 is 16.4 Å². The summed E-state index contributed by atoms with van der Waals surface area (Å²) in [6.07, 6.45) is 8.04. The van der Waals surface area contributed by atoms with Gasteiger partial charge in [0.05, 0.1) is 0 Å². The van der Waals surface area contributed by atoms with Crippen LogP contribution in [-0.2, 0) is 19.1 Å². The number of alkyl carbamates (subject to hydrolysis) is 1. The van der Waals surface area contributed by atoms with Gasteiger partial charge in [0.2, 0.25) is 17.7 Å². The van der Waals surface area contributed by atoms with Gasteiger partial charge in [0.25, 0.3) is 0 Å². The lowest BCUT2D eigenvalue weighted by atomic mass is 9.93. The fraction of sp³-hybridized carbons (Fsp3) is 0.697. The van der Waals surface area contributed by atoms with Gasteiger partial charge in [0.1, 0.15) is 17.7 Å². The van der Waals surface area contributed by atoms with Gasteiger partial charge in [-0.05, 0) is 70.6 Å². The van der Waals surface area contributed by atoms with Gasteiger partial charge < -0.3 is 26.0 Å². The maximum atomic E-state index is 14.4. The largest absolute Gasteiger partial charge is 0.444 e. The number of nitrogens with one attached hydrogen (secondary N) is 2. The molecule has 4 N–H and O–H groups in total. The SMILES string of the molecule is CCCCCCCCN(C(=O)C(CCC(N)=O)NC(=O)OC(C)(C)C)C(C(=O)NCCCCC)c1c(C)cccc1C. The summed E-state index contributed by atoms with van der Waals surface area (Å²) in [7, 11) is 0. The van der Waals surface area contributed by atoms with Crippen LogP contribution in [0.3, 0.4) is 0 Å². The van der Waals surface area contributed by atoms with Crippen molar-refractivity contribution < 1.29 is 23.9 Å². The molecule has 1 aromatic carbocycles. The average Bonchev–Trinajstić information content (AvgIpc) is 2.90. The van der Waals surface area contributed by atoms with E-state index in [1.54, 1.807) is 25.7 Å². The summed E-state index contributed by atoms with van der Waals surface area (Å²) in [6.45, 7) is 14.2. The van der Waals surface area contributed by atoms with E-state index < -0.39 is 35.6 Å². The topological polar surface area (TPSA) is 131 Å². The quantitative estimate of drug-likeness (QED) is 0.171. The number of carbonyl (C=O) groups is 4. The summed E-state index contributed by atoms with van der Waals surface area (Å²) < 4.78 is 5.43. The van der Waals surface area contributed by atoms with E-state index >= 15 is 0 Å². The monoisotopic (exact) mass is 588 g/mol. The van der Waals surface area contributed by atoms with Gasteiger partial charge in [-0.25, -0.2) is 4.79 Å². The predicted molar refractivity (Wildman–Crippen MR) is 168 cm³/mol. The molecule has 0 aromatic heterocycles. The molecule has 1 rings (SSSR count). The molecule has 0 aliphatic carbocycles. The number of benzene rings is 1. The van der Waals surface area contributed by atoms with Gasteiger partial charge in [0.15, 0.2) is 0 Å². The van der Waals surface area contributed by atoms with Crippen molar-refractivity contribution in [3.8, 4) is 0 Å². The zero-order valence-corrected chi connectivity index (χ0v) is 27.1. The Balaban J connectivity index is 3.53. The standard InChI is InChI=1S/C33H56N4O5/c1-8-10-12-13-14-16-23-37(31(40)26(20-21-27(34)38)36-32(41)42-33(5,6)7)29(30(39)35-22-15-11-9-2)28-24(3)18-17-19-25(28)4/h17-19,26,29H,8-16,20-23H2,1-7H3,(H2,34,38)(H,35,39)(H,36,41). The molecule has 0 saturated heterocycles. The summed E-state index contributed by atoms with van der Waals surface area (Å²) in [4.78, 5) is 54.4. The van der Waals surface area contributed by atoms with Crippen LogP contribution in [0.25, 0.3) is 0 Å². The van der Waals surface area contributed by atoms with Crippen LogP contribution in [-0.4, -0.2) is 53.4 Å². The Bertz CT molecular complexity index is 984. The molecule has 238 valence electrons. The van der Waals surface area contributed by atoms with Gasteiger partial charge in [-0.15, -0.1) is 0 Å². The van der Waals surface area contributed by atoms with Gasteiger partial charge >= 0.3 is 6.09 Å². The summed E-state index contributed by atoms with van der Waals surface area (Å²) in [5, 5.41) is 5.74. The van der Waals surface area contributed by atoms with E-state index in [1.165, 1.54) is 0 Å². The number of hydrogen-bond donors (Lipinski definition) is 3. The van der Waals surface area contributed by atoms with Crippen molar-refractivity contribution in [1.29, 1.82) is 0 Å². The highest BCUT2D eigenvalue weighted by atomic mass is 16.6. The van der Waals surface area contributed by atoms with E-state index in [2.05, 4.69) is 24.5 Å². The Hall–Kier alpha value is -3.10. The first kappa shape index (κ1) is 36.9. The smallest absolute Gasteiger partial charge is 0.408 e. The Labute approximate surface area is 253 Å². The summed E-state index contributed by atoms with van der Waals surface area (Å²) in [5.41, 5.74) is 7.23. The normalized spacial score (nSPS) is 12.7. The molecule has 0 aliphatic heterocycles. The van der Waals surface area contributed by atoms with Crippen molar-refractivity contribution in [3.05, 3.63) is 34.9 Å². The van der Waals surface area contributed by atoms with Crippen LogP contribution in [0.1, 0.15) is 128 Å². The number of ether oxygens (including phenoxy) is 1. The lowest BCUT2D eigenvalue weighted by molar-refractivity contribution is -0.143. The number of carbonyl (C=O) groups excluding carboxylic acids is 4. The minimum atomic E-state index is -1.09. The number of aryl methyl sites for hydroxylation is 2. The van der Waals surface area contributed by atoms with E-state index in [0.717, 1.165) is 68.1 Å². The van der Waals surface area contributed by atoms with Crippen molar-refractivity contribution in [2.45, 2.75) is 137 Å². The molecule has 0 bridgehead atoms. The van der Waals surface area contributed by atoms with E-state index in [0.29, 0.717) is 19.5 Å². The third-order valence-corrected chi connectivity index (χ3v) is 7.16. The molecule has 2 atom stereocenters. The molecule has 0 radical (unpaired) electrons. The molecular formula is C33H56N4O5. The zero-order valence-electron chi connectivity index (χ0n) is 27.1. The number of unbranched alkanes of at least 4 members (excludes halogenated alkanes) is 7. The minimum Gasteiger partial charge on any atom is -0.444 e. The Morgan fingerprint density at radius 1 is 0.905 bits per heavy atom. The Kier molecular flexibility index (Phi) is 16.8. The molecule has 0 aliphatic rings. The molecule has 0 heterocycles.